The molecule has 0 N–H and O–H groups in total. The average molecular weight is 348 g/mol. The summed E-state index contributed by atoms with van der Waals surface area (Å²) in [6.07, 6.45) is 0.283. The number of rotatable bonds is 5. The monoisotopic (exact) mass is 348 g/mol. The van der Waals surface area contributed by atoms with Crippen LogP contribution in [0.15, 0.2) is 24.3 Å². The molecule has 1 saturated carbocycles. The molecule has 0 spiro atoms. The van der Waals surface area contributed by atoms with Crippen molar-refractivity contribution in [3.63, 3.8) is 0 Å². The van der Waals surface area contributed by atoms with E-state index in [9.17, 15) is 18.8 Å². The van der Waals surface area contributed by atoms with E-state index in [0.717, 1.165) is 0 Å². The van der Waals surface area contributed by atoms with Crippen molar-refractivity contribution in [2.75, 3.05) is 6.61 Å². The van der Waals surface area contributed by atoms with E-state index in [-0.39, 0.29) is 24.4 Å². The lowest BCUT2D eigenvalue weighted by atomic mass is 9.81. The standard InChI is InChI=1S/C19H21FO5/c1-5-18(13(21)11-7-9-12(20)10-8-11)14-17(3,4)25-16(23)19(14,18)15(22)24-6-2/h7-10,14H,5-6H2,1-4H3/t14-,18+,19+/m0/s1. The third-order valence-corrected chi connectivity index (χ3v) is 5.59. The summed E-state index contributed by atoms with van der Waals surface area (Å²) >= 11 is 0. The minimum absolute atomic E-state index is 0.103. The van der Waals surface area contributed by atoms with E-state index in [2.05, 4.69) is 0 Å². The smallest absolute Gasteiger partial charge is 0.325 e. The molecular weight excluding hydrogens is 327 g/mol. The van der Waals surface area contributed by atoms with Crippen LogP contribution in [-0.4, -0.2) is 29.9 Å². The lowest BCUT2D eigenvalue weighted by Gasteiger charge is -2.28. The summed E-state index contributed by atoms with van der Waals surface area (Å²) in [6, 6.07) is 5.13. The Hall–Kier alpha value is -2.24. The zero-order chi connectivity index (χ0) is 18.6. The highest BCUT2D eigenvalue weighted by Crippen LogP contribution is 2.80. The van der Waals surface area contributed by atoms with Crippen molar-refractivity contribution < 1.29 is 28.2 Å². The topological polar surface area (TPSA) is 69.7 Å². The van der Waals surface area contributed by atoms with Gasteiger partial charge in [-0.15, -0.1) is 0 Å². The van der Waals surface area contributed by atoms with Crippen molar-refractivity contribution >= 4 is 17.7 Å². The van der Waals surface area contributed by atoms with E-state index in [0.29, 0.717) is 0 Å². The summed E-state index contributed by atoms with van der Waals surface area (Å²) in [6.45, 7) is 6.92. The Kier molecular flexibility index (Phi) is 3.78. The molecule has 1 aliphatic heterocycles. The van der Waals surface area contributed by atoms with Crippen molar-refractivity contribution in [3.8, 4) is 0 Å². The molecule has 134 valence electrons. The Morgan fingerprint density at radius 1 is 1.20 bits per heavy atom. The van der Waals surface area contributed by atoms with Gasteiger partial charge in [-0.1, -0.05) is 6.92 Å². The van der Waals surface area contributed by atoms with E-state index < -0.39 is 40.1 Å². The summed E-state index contributed by atoms with van der Waals surface area (Å²) in [5, 5.41) is 0. The number of ether oxygens (including phenoxy) is 2. The highest BCUT2D eigenvalue weighted by Gasteiger charge is 2.95. The summed E-state index contributed by atoms with van der Waals surface area (Å²) < 4.78 is 23.7. The molecule has 2 aliphatic rings. The lowest BCUT2D eigenvalue weighted by Crippen LogP contribution is -2.40. The molecule has 25 heavy (non-hydrogen) atoms. The Labute approximate surface area is 145 Å². The molecule has 0 aromatic heterocycles. The van der Waals surface area contributed by atoms with Gasteiger partial charge in [0.1, 0.15) is 11.4 Å². The predicted molar refractivity (Wildman–Crippen MR) is 86.2 cm³/mol. The first kappa shape index (κ1) is 17.6. The number of carbonyl (C=O) groups is 3. The van der Waals surface area contributed by atoms with Crippen molar-refractivity contribution in [1.82, 2.24) is 0 Å². The quantitative estimate of drug-likeness (QED) is 0.465. The zero-order valence-electron chi connectivity index (χ0n) is 14.7. The number of esters is 2. The van der Waals surface area contributed by atoms with E-state index in [1.54, 1.807) is 27.7 Å². The molecule has 5 nitrogen and oxygen atoms in total. The second-order valence-electron chi connectivity index (χ2n) is 7.12. The predicted octanol–water partition coefficient (Wildman–Crippen LogP) is 2.92. The van der Waals surface area contributed by atoms with Crippen LogP contribution >= 0.6 is 0 Å². The fourth-order valence-corrected chi connectivity index (χ4v) is 4.77. The Balaban J connectivity index is 2.14. The second-order valence-corrected chi connectivity index (χ2v) is 7.12. The van der Waals surface area contributed by atoms with E-state index in [4.69, 9.17) is 9.47 Å². The normalized spacial score (nSPS) is 31.9. The maximum absolute atomic E-state index is 13.3. The van der Waals surface area contributed by atoms with Gasteiger partial charge in [0, 0.05) is 11.5 Å². The van der Waals surface area contributed by atoms with Gasteiger partial charge in [-0.2, -0.15) is 0 Å². The number of benzene rings is 1. The summed E-state index contributed by atoms with van der Waals surface area (Å²) in [5.74, 6) is -2.84. The molecule has 0 amide bonds. The SMILES string of the molecule is CCOC(=O)[C@@]12C(=O)OC(C)(C)[C@H]1[C@@]2(CC)C(=O)c1ccc(F)cc1. The molecule has 3 atom stereocenters. The lowest BCUT2D eigenvalue weighted by molar-refractivity contribution is -0.166. The molecule has 1 heterocycles. The Morgan fingerprint density at radius 2 is 1.80 bits per heavy atom. The number of cyclic esters (lactones) is 1. The van der Waals surface area contributed by atoms with E-state index >= 15 is 0 Å². The third kappa shape index (κ3) is 1.96. The molecule has 2 fully saturated rings. The van der Waals surface area contributed by atoms with Gasteiger partial charge in [0.15, 0.2) is 11.2 Å². The van der Waals surface area contributed by atoms with E-state index in [1.165, 1.54) is 24.3 Å². The number of ketones is 1. The van der Waals surface area contributed by atoms with Crippen molar-refractivity contribution in [2.45, 2.75) is 39.7 Å². The molecule has 0 unspecified atom stereocenters. The fourth-order valence-electron chi connectivity index (χ4n) is 4.77. The molecule has 3 rings (SSSR count). The number of hydrogen-bond donors (Lipinski definition) is 0. The van der Waals surface area contributed by atoms with Crippen LogP contribution in [0.3, 0.4) is 0 Å². The maximum Gasteiger partial charge on any atom is 0.325 e. The van der Waals surface area contributed by atoms with Gasteiger partial charge >= 0.3 is 11.9 Å². The van der Waals surface area contributed by atoms with Crippen LogP contribution in [0.25, 0.3) is 0 Å². The van der Waals surface area contributed by atoms with Crippen LogP contribution in [0.4, 0.5) is 4.39 Å². The molecule has 1 aliphatic carbocycles. The van der Waals surface area contributed by atoms with Gasteiger partial charge in [0.2, 0.25) is 0 Å². The zero-order valence-corrected chi connectivity index (χ0v) is 14.7. The molecule has 1 aromatic rings. The van der Waals surface area contributed by atoms with Crippen LogP contribution in [-0.2, 0) is 19.1 Å². The highest BCUT2D eigenvalue weighted by molar-refractivity contribution is 6.19. The molecule has 1 aromatic carbocycles. The maximum atomic E-state index is 13.3. The minimum atomic E-state index is -1.62. The number of halogens is 1. The second kappa shape index (κ2) is 5.38. The van der Waals surface area contributed by atoms with Crippen LogP contribution in [0, 0.1) is 22.6 Å². The summed E-state index contributed by atoms with van der Waals surface area (Å²) in [7, 11) is 0. The average Bonchev–Trinajstić information content (AvgIpc) is 3.15. The number of hydrogen-bond acceptors (Lipinski definition) is 5. The highest BCUT2D eigenvalue weighted by atomic mass is 19.1. The van der Waals surface area contributed by atoms with Crippen molar-refractivity contribution in [3.05, 3.63) is 35.6 Å². The van der Waals surface area contributed by atoms with Crippen molar-refractivity contribution in [1.29, 1.82) is 0 Å². The van der Waals surface area contributed by atoms with Gasteiger partial charge in [-0.05, 0) is 51.5 Å². The van der Waals surface area contributed by atoms with Gasteiger partial charge in [0.25, 0.3) is 0 Å². The van der Waals surface area contributed by atoms with E-state index in [1.807, 2.05) is 0 Å². The van der Waals surface area contributed by atoms with Crippen LogP contribution in [0.5, 0.6) is 0 Å². The minimum Gasteiger partial charge on any atom is -0.465 e. The number of fused-ring (bicyclic) bond motifs is 1. The van der Waals surface area contributed by atoms with Crippen LogP contribution in [0.1, 0.15) is 44.5 Å². The largest absolute Gasteiger partial charge is 0.465 e. The molecule has 0 radical (unpaired) electrons. The fraction of sp³-hybridized carbons (Fsp3) is 0.526. The van der Waals surface area contributed by atoms with Gasteiger partial charge in [-0.25, -0.2) is 4.39 Å². The number of carbonyl (C=O) groups excluding carboxylic acids is 3. The molecular formula is C19H21FO5. The molecule has 6 heteroatoms. The Morgan fingerprint density at radius 3 is 2.32 bits per heavy atom. The third-order valence-electron chi connectivity index (χ3n) is 5.59. The first-order chi connectivity index (χ1) is 11.7. The number of Topliss-reactive ketones (excluding diaryl/α,β-unsaturated/α-hetero) is 1. The van der Waals surface area contributed by atoms with Gasteiger partial charge in [0.05, 0.1) is 12.0 Å². The summed E-state index contributed by atoms with van der Waals surface area (Å²) in [4.78, 5) is 38.7. The molecule has 1 saturated heterocycles. The van der Waals surface area contributed by atoms with Crippen LogP contribution in [0.2, 0.25) is 0 Å². The van der Waals surface area contributed by atoms with Crippen LogP contribution < -0.4 is 0 Å². The first-order valence-electron chi connectivity index (χ1n) is 8.41. The molecule has 0 bridgehead atoms. The summed E-state index contributed by atoms with van der Waals surface area (Å²) in [5.41, 5.74) is -3.54. The van der Waals surface area contributed by atoms with Crippen molar-refractivity contribution in [2.24, 2.45) is 16.7 Å². The van der Waals surface area contributed by atoms with Gasteiger partial charge < -0.3 is 9.47 Å². The Bertz CT molecular complexity index is 754. The first-order valence-corrected chi connectivity index (χ1v) is 8.41. The van der Waals surface area contributed by atoms with Gasteiger partial charge in [-0.3, -0.25) is 14.4 Å².